The highest BCUT2D eigenvalue weighted by atomic mass is 79.9. The number of nitrogens with one attached hydrogen (secondary N) is 1. The highest BCUT2D eigenvalue weighted by Crippen LogP contribution is 2.18. The Bertz CT molecular complexity index is 1020. The smallest absolute Gasteiger partial charge is 0.260 e. The average molecular weight is 430 g/mol. The maximum absolute atomic E-state index is 14.3. The standard InChI is InChI=1S/C20H17BrFN3O2/c1-13-5-8-17(19(26)24-13)20(27)25(12-16-4-2-3-9-23-16)11-14-6-7-15(21)10-18(14)22/h2-10H,11-12H2,1H3,(H,24,26). The van der Waals surface area contributed by atoms with Crippen LogP contribution in [0.2, 0.25) is 0 Å². The summed E-state index contributed by atoms with van der Waals surface area (Å²) < 4.78 is 14.9. The van der Waals surface area contributed by atoms with E-state index in [4.69, 9.17) is 0 Å². The summed E-state index contributed by atoms with van der Waals surface area (Å²) in [6, 6.07) is 13.2. The number of amides is 1. The summed E-state index contributed by atoms with van der Waals surface area (Å²) in [7, 11) is 0. The second-order valence-corrected chi connectivity index (χ2v) is 7.02. The van der Waals surface area contributed by atoms with Crippen molar-refractivity contribution in [2.45, 2.75) is 20.0 Å². The Morgan fingerprint density at radius 3 is 2.67 bits per heavy atom. The van der Waals surface area contributed by atoms with Crippen LogP contribution in [-0.2, 0) is 13.1 Å². The van der Waals surface area contributed by atoms with Crippen LogP contribution in [0.15, 0.2) is 64.0 Å². The van der Waals surface area contributed by atoms with Gasteiger partial charge in [-0.2, -0.15) is 0 Å². The van der Waals surface area contributed by atoms with Gasteiger partial charge < -0.3 is 9.88 Å². The number of aryl methyl sites for hydroxylation is 1. The van der Waals surface area contributed by atoms with Gasteiger partial charge in [0.15, 0.2) is 0 Å². The number of halogens is 2. The quantitative estimate of drug-likeness (QED) is 0.670. The number of carbonyl (C=O) groups is 1. The number of hydrogen-bond donors (Lipinski definition) is 1. The summed E-state index contributed by atoms with van der Waals surface area (Å²) in [6.07, 6.45) is 1.62. The van der Waals surface area contributed by atoms with Gasteiger partial charge in [0, 0.05) is 28.5 Å². The van der Waals surface area contributed by atoms with Crippen LogP contribution in [0.3, 0.4) is 0 Å². The third-order valence-electron chi connectivity index (χ3n) is 4.03. The molecule has 3 rings (SSSR count). The van der Waals surface area contributed by atoms with Crippen molar-refractivity contribution in [2.24, 2.45) is 0 Å². The summed E-state index contributed by atoms with van der Waals surface area (Å²) in [5.41, 5.74) is 1.20. The van der Waals surface area contributed by atoms with Crippen LogP contribution in [0.1, 0.15) is 27.3 Å². The van der Waals surface area contributed by atoms with Gasteiger partial charge in [0.2, 0.25) is 0 Å². The monoisotopic (exact) mass is 429 g/mol. The lowest BCUT2D eigenvalue weighted by molar-refractivity contribution is 0.0724. The number of aromatic nitrogens is 2. The maximum Gasteiger partial charge on any atom is 0.260 e. The summed E-state index contributed by atoms with van der Waals surface area (Å²) in [6.45, 7) is 1.91. The van der Waals surface area contributed by atoms with Gasteiger partial charge in [0.05, 0.1) is 12.2 Å². The number of aromatic amines is 1. The van der Waals surface area contributed by atoms with Crippen molar-refractivity contribution in [3.05, 3.63) is 97.9 Å². The number of H-pyrrole nitrogens is 1. The predicted octanol–water partition coefficient (Wildman–Crippen LogP) is 3.82. The Morgan fingerprint density at radius 1 is 1.19 bits per heavy atom. The molecule has 1 amide bonds. The molecule has 0 saturated heterocycles. The van der Waals surface area contributed by atoms with Gasteiger partial charge in [0.1, 0.15) is 11.4 Å². The van der Waals surface area contributed by atoms with Gasteiger partial charge in [-0.05, 0) is 43.3 Å². The molecule has 0 unspecified atom stereocenters. The van der Waals surface area contributed by atoms with E-state index in [0.717, 1.165) is 0 Å². The van der Waals surface area contributed by atoms with Crippen molar-refractivity contribution < 1.29 is 9.18 Å². The van der Waals surface area contributed by atoms with Gasteiger partial charge in [0.25, 0.3) is 11.5 Å². The molecule has 0 atom stereocenters. The van der Waals surface area contributed by atoms with E-state index in [1.54, 1.807) is 43.5 Å². The molecule has 0 radical (unpaired) electrons. The minimum atomic E-state index is -0.482. The molecular weight excluding hydrogens is 413 g/mol. The molecule has 0 aliphatic heterocycles. The molecule has 1 aromatic carbocycles. The van der Waals surface area contributed by atoms with E-state index in [1.165, 1.54) is 17.0 Å². The van der Waals surface area contributed by atoms with Gasteiger partial charge in [-0.3, -0.25) is 14.6 Å². The van der Waals surface area contributed by atoms with Crippen molar-refractivity contribution in [3.8, 4) is 0 Å². The predicted molar refractivity (Wildman–Crippen MR) is 104 cm³/mol. The minimum Gasteiger partial charge on any atom is -0.328 e. The molecule has 0 aliphatic rings. The lowest BCUT2D eigenvalue weighted by Gasteiger charge is -2.23. The SMILES string of the molecule is Cc1ccc(C(=O)N(Cc2ccccn2)Cc2ccc(Br)cc2F)c(=O)[nH]1. The van der Waals surface area contributed by atoms with E-state index < -0.39 is 17.3 Å². The fourth-order valence-electron chi connectivity index (χ4n) is 2.65. The molecule has 3 aromatic rings. The molecule has 7 heteroatoms. The fourth-order valence-corrected chi connectivity index (χ4v) is 2.99. The first kappa shape index (κ1) is 19.0. The number of benzene rings is 1. The van der Waals surface area contributed by atoms with E-state index in [2.05, 4.69) is 25.9 Å². The van der Waals surface area contributed by atoms with Gasteiger partial charge in [-0.1, -0.05) is 28.1 Å². The normalized spacial score (nSPS) is 10.6. The molecule has 1 N–H and O–H groups in total. The van der Waals surface area contributed by atoms with Crippen LogP contribution >= 0.6 is 15.9 Å². The number of carbonyl (C=O) groups excluding carboxylic acids is 1. The molecule has 0 fully saturated rings. The van der Waals surface area contributed by atoms with Crippen molar-refractivity contribution in [1.29, 1.82) is 0 Å². The zero-order valence-electron chi connectivity index (χ0n) is 14.6. The maximum atomic E-state index is 14.3. The topological polar surface area (TPSA) is 66.1 Å². The molecule has 2 heterocycles. The van der Waals surface area contributed by atoms with Crippen LogP contribution < -0.4 is 5.56 Å². The van der Waals surface area contributed by atoms with Crippen molar-refractivity contribution in [2.75, 3.05) is 0 Å². The van der Waals surface area contributed by atoms with Gasteiger partial charge in [-0.15, -0.1) is 0 Å². The van der Waals surface area contributed by atoms with Gasteiger partial charge >= 0.3 is 0 Å². The zero-order chi connectivity index (χ0) is 19.4. The molecule has 2 aromatic heterocycles. The Hall–Kier alpha value is -2.80. The highest BCUT2D eigenvalue weighted by molar-refractivity contribution is 9.10. The third-order valence-corrected chi connectivity index (χ3v) is 4.52. The molecule has 138 valence electrons. The van der Waals surface area contributed by atoms with E-state index in [-0.39, 0.29) is 18.7 Å². The zero-order valence-corrected chi connectivity index (χ0v) is 16.2. The number of nitrogens with zero attached hydrogens (tertiary/aromatic N) is 2. The average Bonchev–Trinajstić information content (AvgIpc) is 2.63. The first-order chi connectivity index (χ1) is 12.9. The Morgan fingerprint density at radius 2 is 2.00 bits per heavy atom. The largest absolute Gasteiger partial charge is 0.328 e. The highest BCUT2D eigenvalue weighted by Gasteiger charge is 2.21. The molecule has 0 spiro atoms. The van der Waals surface area contributed by atoms with Crippen LogP contribution in [0.4, 0.5) is 4.39 Å². The van der Waals surface area contributed by atoms with Crippen LogP contribution in [-0.4, -0.2) is 20.8 Å². The summed E-state index contributed by atoms with van der Waals surface area (Å²) >= 11 is 3.22. The third kappa shape index (κ3) is 4.68. The van der Waals surface area contributed by atoms with Crippen molar-refractivity contribution in [3.63, 3.8) is 0 Å². The van der Waals surface area contributed by atoms with E-state index in [1.807, 2.05) is 6.07 Å². The van der Waals surface area contributed by atoms with E-state index in [9.17, 15) is 14.0 Å². The van der Waals surface area contributed by atoms with Crippen LogP contribution in [0.5, 0.6) is 0 Å². The Kier molecular flexibility index (Phi) is 5.81. The first-order valence-electron chi connectivity index (χ1n) is 8.27. The molecule has 0 saturated carbocycles. The van der Waals surface area contributed by atoms with E-state index in [0.29, 0.717) is 21.4 Å². The molecule has 0 aliphatic carbocycles. The molecule has 0 bridgehead atoms. The van der Waals surface area contributed by atoms with Gasteiger partial charge in [-0.25, -0.2) is 4.39 Å². The first-order valence-corrected chi connectivity index (χ1v) is 9.06. The lowest BCUT2D eigenvalue weighted by Crippen LogP contribution is -2.34. The van der Waals surface area contributed by atoms with Crippen molar-refractivity contribution in [1.82, 2.24) is 14.9 Å². The molecule has 5 nitrogen and oxygen atoms in total. The van der Waals surface area contributed by atoms with E-state index >= 15 is 0 Å². The molecule has 27 heavy (non-hydrogen) atoms. The summed E-state index contributed by atoms with van der Waals surface area (Å²) in [4.78, 5) is 33.5. The number of hydrogen-bond acceptors (Lipinski definition) is 3. The fraction of sp³-hybridized carbons (Fsp3) is 0.150. The lowest BCUT2D eigenvalue weighted by atomic mass is 10.1. The van der Waals surface area contributed by atoms with Crippen LogP contribution in [0, 0.1) is 12.7 Å². The number of rotatable bonds is 5. The second kappa shape index (κ2) is 8.26. The summed E-state index contributed by atoms with van der Waals surface area (Å²) in [5, 5.41) is 0. The second-order valence-electron chi connectivity index (χ2n) is 6.10. The van der Waals surface area contributed by atoms with Crippen molar-refractivity contribution >= 4 is 21.8 Å². The Balaban J connectivity index is 1.95. The minimum absolute atomic E-state index is 0.00838. The number of pyridine rings is 2. The summed E-state index contributed by atoms with van der Waals surface area (Å²) in [5.74, 6) is -0.912. The van der Waals surface area contributed by atoms with Crippen LogP contribution in [0.25, 0.3) is 0 Å². The Labute approximate surface area is 164 Å². The molecular formula is C20H17BrFN3O2.